The van der Waals surface area contributed by atoms with Crippen molar-refractivity contribution in [2.45, 2.75) is 0 Å². The highest BCUT2D eigenvalue weighted by molar-refractivity contribution is 9.10. The van der Waals surface area contributed by atoms with E-state index >= 15 is 0 Å². The second-order valence-electron chi connectivity index (χ2n) is 6.39. The van der Waals surface area contributed by atoms with Gasteiger partial charge in [0, 0.05) is 0 Å². The van der Waals surface area contributed by atoms with Crippen molar-refractivity contribution in [3.63, 3.8) is 0 Å². The summed E-state index contributed by atoms with van der Waals surface area (Å²) in [5.74, 6) is 2.04. The van der Waals surface area contributed by atoms with E-state index in [0.717, 1.165) is 8.95 Å². The van der Waals surface area contributed by atoms with Gasteiger partial charge in [0.25, 0.3) is 0 Å². The predicted octanol–water partition coefficient (Wildman–Crippen LogP) is 8.03. The second-order valence-corrected chi connectivity index (χ2v) is 8.10. The molecule has 0 saturated heterocycles. The van der Waals surface area contributed by atoms with E-state index in [4.69, 9.17) is 9.47 Å². The van der Waals surface area contributed by atoms with E-state index in [1.807, 2.05) is 72.8 Å². The van der Waals surface area contributed by atoms with Crippen LogP contribution in [0.1, 0.15) is 15.9 Å². The molecule has 0 saturated carbocycles. The maximum atomic E-state index is 13.5. The molecule has 0 fully saturated rings. The maximum absolute atomic E-state index is 13.5. The lowest BCUT2D eigenvalue weighted by Gasteiger charge is -2.14. The molecule has 0 spiro atoms. The van der Waals surface area contributed by atoms with Crippen molar-refractivity contribution in [2.24, 2.45) is 0 Å². The summed E-state index contributed by atoms with van der Waals surface area (Å²) in [5.41, 5.74) is 0.910. The summed E-state index contributed by atoms with van der Waals surface area (Å²) >= 11 is 6.96. The van der Waals surface area contributed by atoms with E-state index in [2.05, 4.69) is 31.9 Å². The minimum Gasteiger partial charge on any atom is -0.455 e. The average molecular weight is 524 g/mol. The molecule has 0 amide bonds. The lowest BCUT2D eigenvalue weighted by Crippen LogP contribution is -2.05. The monoisotopic (exact) mass is 522 g/mol. The van der Waals surface area contributed by atoms with Crippen LogP contribution in [0.5, 0.6) is 23.0 Å². The first-order valence-corrected chi connectivity index (χ1v) is 10.8. The number of ether oxygens (including phenoxy) is 2. The SMILES string of the molecule is O=C(c1ccccc1Oc1ccccc1Br)c1ccccc1Oc1ccccc1Br. The second kappa shape index (κ2) is 9.28. The number of carbonyl (C=O) groups excluding carboxylic acids is 1. The molecule has 0 bridgehead atoms. The Kier molecular flexibility index (Phi) is 6.31. The molecule has 5 heteroatoms. The summed E-state index contributed by atoms with van der Waals surface area (Å²) in [5, 5.41) is 0. The molecule has 3 nitrogen and oxygen atoms in total. The van der Waals surface area contributed by atoms with E-state index in [0.29, 0.717) is 34.1 Å². The Morgan fingerprint density at radius 2 is 0.833 bits per heavy atom. The maximum Gasteiger partial charge on any atom is 0.200 e. The van der Waals surface area contributed by atoms with Crippen molar-refractivity contribution >= 4 is 37.6 Å². The van der Waals surface area contributed by atoms with Crippen LogP contribution in [0.2, 0.25) is 0 Å². The average Bonchev–Trinajstić information content (AvgIpc) is 2.77. The summed E-state index contributed by atoms with van der Waals surface area (Å²) in [4.78, 5) is 13.5. The van der Waals surface area contributed by atoms with Crippen LogP contribution < -0.4 is 9.47 Å². The predicted molar refractivity (Wildman–Crippen MR) is 125 cm³/mol. The Labute approximate surface area is 191 Å². The quantitative estimate of drug-likeness (QED) is 0.240. The molecule has 4 rings (SSSR count). The zero-order valence-electron chi connectivity index (χ0n) is 15.7. The molecule has 0 aliphatic rings. The molecule has 0 radical (unpaired) electrons. The molecule has 0 unspecified atom stereocenters. The largest absolute Gasteiger partial charge is 0.455 e. The smallest absolute Gasteiger partial charge is 0.200 e. The minimum atomic E-state index is -0.180. The molecule has 0 aliphatic heterocycles. The summed E-state index contributed by atoms with van der Waals surface area (Å²) in [7, 11) is 0. The Hall–Kier alpha value is -2.89. The number of carbonyl (C=O) groups is 1. The van der Waals surface area contributed by atoms with Crippen LogP contribution in [-0.2, 0) is 0 Å². The van der Waals surface area contributed by atoms with Gasteiger partial charge < -0.3 is 9.47 Å². The zero-order chi connectivity index (χ0) is 20.9. The number of benzene rings is 4. The third kappa shape index (κ3) is 4.48. The molecular weight excluding hydrogens is 508 g/mol. The van der Waals surface area contributed by atoms with Crippen molar-refractivity contribution in [3.05, 3.63) is 117 Å². The standard InChI is InChI=1S/C25H16Br2O3/c26-19-11-3-7-15-23(19)29-21-13-5-1-9-17(21)25(28)18-10-2-6-14-22(18)30-24-16-8-4-12-20(24)27/h1-16H. The summed E-state index contributed by atoms with van der Waals surface area (Å²) < 4.78 is 13.7. The van der Waals surface area contributed by atoms with Crippen LogP contribution in [0.25, 0.3) is 0 Å². The van der Waals surface area contributed by atoms with Gasteiger partial charge in [0.05, 0.1) is 20.1 Å². The Bertz CT molecular complexity index is 1110. The highest BCUT2D eigenvalue weighted by Gasteiger charge is 2.20. The van der Waals surface area contributed by atoms with E-state index in [1.165, 1.54) is 0 Å². The topological polar surface area (TPSA) is 35.5 Å². The fourth-order valence-electron chi connectivity index (χ4n) is 2.92. The minimum absolute atomic E-state index is 0.180. The van der Waals surface area contributed by atoms with Gasteiger partial charge in [-0.05, 0) is 80.4 Å². The Balaban J connectivity index is 1.70. The number of halogens is 2. The molecule has 30 heavy (non-hydrogen) atoms. The van der Waals surface area contributed by atoms with Crippen molar-refractivity contribution in [2.75, 3.05) is 0 Å². The van der Waals surface area contributed by atoms with E-state index in [1.54, 1.807) is 24.3 Å². The van der Waals surface area contributed by atoms with Gasteiger partial charge in [-0.3, -0.25) is 4.79 Å². The molecular formula is C25H16Br2O3. The van der Waals surface area contributed by atoms with E-state index in [-0.39, 0.29) is 5.78 Å². The molecule has 0 heterocycles. The third-order valence-electron chi connectivity index (χ3n) is 4.38. The van der Waals surface area contributed by atoms with Gasteiger partial charge in [-0.25, -0.2) is 0 Å². The summed E-state index contributed by atoms with van der Waals surface area (Å²) in [6.45, 7) is 0. The summed E-state index contributed by atoms with van der Waals surface area (Å²) in [6.07, 6.45) is 0. The molecule has 4 aromatic rings. The first kappa shape index (κ1) is 20.4. The molecule has 148 valence electrons. The lowest BCUT2D eigenvalue weighted by atomic mass is 10.0. The fourth-order valence-corrected chi connectivity index (χ4v) is 3.65. The van der Waals surface area contributed by atoms with Crippen LogP contribution in [-0.4, -0.2) is 5.78 Å². The van der Waals surface area contributed by atoms with Crippen LogP contribution in [0, 0.1) is 0 Å². The highest BCUT2D eigenvalue weighted by atomic mass is 79.9. The van der Waals surface area contributed by atoms with Crippen LogP contribution >= 0.6 is 31.9 Å². The van der Waals surface area contributed by atoms with Crippen molar-refractivity contribution < 1.29 is 14.3 Å². The zero-order valence-corrected chi connectivity index (χ0v) is 18.9. The third-order valence-corrected chi connectivity index (χ3v) is 5.69. The number of hydrogen-bond acceptors (Lipinski definition) is 3. The van der Waals surface area contributed by atoms with Crippen molar-refractivity contribution in [3.8, 4) is 23.0 Å². The van der Waals surface area contributed by atoms with Gasteiger partial charge in [-0.15, -0.1) is 0 Å². The normalized spacial score (nSPS) is 10.5. The number of ketones is 1. The Morgan fingerprint density at radius 3 is 1.23 bits per heavy atom. The highest BCUT2D eigenvalue weighted by Crippen LogP contribution is 2.35. The lowest BCUT2D eigenvalue weighted by molar-refractivity contribution is 0.103. The molecule has 0 atom stereocenters. The van der Waals surface area contributed by atoms with Crippen LogP contribution in [0.15, 0.2) is 106 Å². The Morgan fingerprint density at radius 1 is 0.500 bits per heavy atom. The van der Waals surface area contributed by atoms with Gasteiger partial charge in [0.15, 0.2) is 0 Å². The van der Waals surface area contributed by atoms with Gasteiger partial charge >= 0.3 is 0 Å². The van der Waals surface area contributed by atoms with Crippen LogP contribution in [0.3, 0.4) is 0 Å². The van der Waals surface area contributed by atoms with Gasteiger partial charge in [-0.1, -0.05) is 48.5 Å². The van der Waals surface area contributed by atoms with Crippen molar-refractivity contribution in [1.82, 2.24) is 0 Å². The molecule has 0 aliphatic carbocycles. The van der Waals surface area contributed by atoms with Gasteiger partial charge in [0.2, 0.25) is 5.78 Å². The van der Waals surface area contributed by atoms with Crippen molar-refractivity contribution in [1.29, 1.82) is 0 Å². The van der Waals surface area contributed by atoms with Crippen LogP contribution in [0.4, 0.5) is 0 Å². The fraction of sp³-hybridized carbons (Fsp3) is 0. The van der Waals surface area contributed by atoms with E-state index < -0.39 is 0 Å². The number of hydrogen-bond donors (Lipinski definition) is 0. The number of para-hydroxylation sites is 4. The van der Waals surface area contributed by atoms with Gasteiger partial charge in [0.1, 0.15) is 23.0 Å². The molecule has 4 aromatic carbocycles. The first-order valence-electron chi connectivity index (χ1n) is 9.21. The van der Waals surface area contributed by atoms with Gasteiger partial charge in [-0.2, -0.15) is 0 Å². The molecule has 0 aromatic heterocycles. The number of rotatable bonds is 6. The first-order chi connectivity index (χ1) is 14.6. The van der Waals surface area contributed by atoms with E-state index in [9.17, 15) is 4.79 Å². The molecule has 0 N–H and O–H groups in total. The summed E-state index contributed by atoms with van der Waals surface area (Å²) in [6, 6.07) is 29.4.